The van der Waals surface area contributed by atoms with Gasteiger partial charge in [-0.2, -0.15) is 0 Å². The molecule has 3 rings (SSSR count). The first kappa shape index (κ1) is 16.2. The second kappa shape index (κ2) is 6.85. The molecule has 1 aromatic rings. The summed E-state index contributed by atoms with van der Waals surface area (Å²) in [6, 6.07) is 7.60. The second-order valence-corrected chi connectivity index (χ2v) is 7.22. The minimum atomic E-state index is -0.295. The normalized spacial score (nSPS) is 33.2. The van der Waals surface area contributed by atoms with Crippen LogP contribution in [-0.4, -0.2) is 49.0 Å². The Kier molecular flexibility index (Phi) is 5.05. The van der Waals surface area contributed by atoms with Crippen LogP contribution in [0.15, 0.2) is 24.3 Å². The van der Waals surface area contributed by atoms with Gasteiger partial charge in [0.1, 0.15) is 0 Å². The van der Waals surface area contributed by atoms with Gasteiger partial charge in [0.2, 0.25) is 0 Å². The highest BCUT2D eigenvalue weighted by Crippen LogP contribution is 2.31. The van der Waals surface area contributed by atoms with E-state index in [1.807, 2.05) is 24.3 Å². The smallest absolute Gasteiger partial charge is 0.184 e. The lowest BCUT2D eigenvalue weighted by Crippen LogP contribution is -2.46. The molecular formula is C17H24ClNO3. The molecule has 0 unspecified atom stereocenters. The lowest BCUT2D eigenvalue weighted by molar-refractivity contribution is -0.0681. The van der Waals surface area contributed by atoms with Crippen LogP contribution in [0.2, 0.25) is 5.02 Å². The van der Waals surface area contributed by atoms with Crippen molar-refractivity contribution in [3.8, 4) is 0 Å². The minimum Gasteiger partial charge on any atom is -0.396 e. The average Bonchev–Trinajstić information content (AvgIpc) is 2.96. The summed E-state index contributed by atoms with van der Waals surface area (Å²) in [6.45, 7) is 5.87. The molecule has 3 atom stereocenters. The van der Waals surface area contributed by atoms with Crippen molar-refractivity contribution >= 4 is 11.6 Å². The lowest BCUT2D eigenvalue weighted by atomic mass is 9.83. The van der Waals surface area contributed by atoms with Crippen molar-refractivity contribution in [1.29, 1.82) is 0 Å². The van der Waals surface area contributed by atoms with E-state index in [-0.39, 0.29) is 24.4 Å². The zero-order valence-corrected chi connectivity index (χ0v) is 13.8. The van der Waals surface area contributed by atoms with Gasteiger partial charge in [-0.3, -0.25) is 0 Å². The highest BCUT2D eigenvalue weighted by atomic mass is 35.5. The summed E-state index contributed by atoms with van der Waals surface area (Å²) in [7, 11) is 0. The van der Waals surface area contributed by atoms with Gasteiger partial charge in [-0.15, -0.1) is 0 Å². The van der Waals surface area contributed by atoms with Crippen LogP contribution in [0.1, 0.15) is 31.6 Å². The predicted octanol–water partition coefficient (Wildman–Crippen LogP) is 2.85. The first-order valence-electron chi connectivity index (χ1n) is 7.94. The summed E-state index contributed by atoms with van der Waals surface area (Å²) in [5, 5.41) is 10.3. The molecule has 5 heteroatoms. The van der Waals surface area contributed by atoms with Crippen molar-refractivity contribution < 1.29 is 14.6 Å². The number of hydrogen-bond acceptors (Lipinski definition) is 4. The SMILES string of the molecule is C[C@]1(CO)CCCN(C[C@@H]2CO[C@@H](c3ccc(Cl)cc3)O2)C1. The predicted molar refractivity (Wildman–Crippen MR) is 85.9 cm³/mol. The molecule has 0 aromatic heterocycles. The summed E-state index contributed by atoms with van der Waals surface area (Å²) in [6.07, 6.45) is 2.01. The lowest BCUT2D eigenvalue weighted by Gasteiger charge is -2.40. The molecule has 1 N–H and O–H groups in total. The van der Waals surface area contributed by atoms with E-state index in [2.05, 4.69) is 11.8 Å². The van der Waals surface area contributed by atoms with Crippen molar-refractivity contribution in [2.45, 2.75) is 32.2 Å². The van der Waals surface area contributed by atoms with Gasteiger partial charge in [-0.25, -0.2) is 0 Å². The summed E-state index contributed by atoms with van der Waals surface area (Å²) in [5.41, 5.74) is 1.03. The molecule has 0 radical (unpaired) electrons. The van der Waals surface area contributed by atoms with Crippen molar-refractivity contribution in [1.82, 2.24) is 4.90 Å². The number of hydrogen-bond donors (Lipinski definition) is 1. The number of aliphatic hydroxyl groups excluding tert-OH is 1. The number of benzene rings is 1. The van der Waals surface area contributed by atoms with Gasteiger partial charge in [-0.05, 0) is 31.5 Å². The van der Waals surface area contributed by atoms with Gasteiger partial charge < -0.3 is 19.5 Å². The average molecular weight is 326 g/mol. The van der Waals surface area contributed by atoms with E-state index in [1.54, 1.807) is 0 Å². The maximum atomic E-state index is 9.55. The Hall–Kier alpha value is -0.650. The van der Waals surface area contributed by atoms with Gasteiger partial charge in [0.05, 0.1) is 12.7 Å². The standard InChI is InChI=1S/C17H24ClNO3/c1-17(12-20)7-2-8-19(11-17)9-15-10-21-16(22-15)13-3-5-14(18)6-4-13/h3-6,15-16,20H,2,7-12H2,1H3/t15-,16-,17+/m1/s1. The molecule has 0 bridgehead atoms. The largest absolute Gasteiger partial charge is 0.396 e. The van der Waals surface area contributed by atoms with Crippen molar-refractivity contribution in [2.75, 3.05) is 32.8 Å². The van der Waals surface area contributed by atoms with Crippen LogP contribution in [0.4, 0.5) is 0 Å². The third kappa shape index (κ3) is 3.81. The van der Waals surface area contributed by atoms with Crippen molar-refractivity contribution in [3.63, 3.8) is 0 Å². The van der Waals surface area contributed by atoms with Crippen molar-refractivity contribution in [2.24, 2.45) is 5.41 Å². The molecule has 1 aromatic carbocycles. The summed E-state index contributed by atoms with van der Waals surface area (Å²) >= 11 is 5.91. The molecule has 22 heavy (non-hydrogen) atoms. The van der Waals surface area contributed by atoms with Gasteiger partial charge in [0, 0.05) is 35.7 Å². The molecule has 2 aliphatic rings. The molecule has 4 nitrogen and oxygen atoms in total. The number of aliphatic hydroxyl groups is 1. The zero-order chi connectivity index (χ0) is 15.6. The van der Waals surface area contributed by atoms with Crippen LogP contribution in [-0.2, 0) is 9.47 Å². The molecule has 0 saturated carbocycles. The molecule has 0 amide bonds. The fourth-order valence-electron chi connectivity index (χ4n) is 3.34. The Labute approximate surface area is 137 Å². The van der Waals surface area contributed by atoms with Gasteiger partial charge in [0.25, 0.3) is 0 Å². The molecule has 0 aliphatic carbocycles. The minimum absolute atomic E-state index is 0.0211. The molecule has 122 valence electrons. The van der Waals surface area contributed by atoms with E-state index in [4.69, 9.17) is 21.1 Å². The maximum absolute atomic E-state index is 9.55. The fraction of sp³-hybridized carbons (Fsp3) is 0.647. The first-order chi connectivity index (χ1) is 10.6. The van der Waals surface area contributed by atoms with E-state index in [0.717, 1.165) is 43.1 Å². The van der Waals surface area contributed by atoms with Crippen LogP contribution in [0.3, 0.4) is 0 Å². The van der Waals surface area contributed by atoms with Crippen LogP contribution in [0.5, 0.6) is 0 Å². The van der Waals surface area contributed by atoms with E-state index < -0.39 is 0 Å². The summed E-state index contributed by atoms with van der Waals surface area (Å²) in [5.74, 6) is 0. The Balaban J connectivity index is 1.53. The molecule has 2 heterocycles. The molecule has 2 saturated heterocycles. The molecule has 0 spiro atoms. The van der Waals surface area contributed by atoms with Crippen molar-refractivity contribution in [3.05, 3.63) is 34.9 Å². The zero-order valence-electron chi connectivity index (χ0n) is 13.0. The number of rotatable bonds is 4. The highest BCUT2D eigenvalue weighted by Gasteiger charge is 2.34. The Bertz CT molecular complexity index is 495. The monoisotopic (exact) mass is 325 g/mol. The van der Waals surface area contributed by atoms with Gasteiger partial charge >= 0.3 is 0 Å². The first-order valence-corrected chi connectivity index (χ1v) is 8.31. The maximum Gasteiger partial charge on any atom is 0.184 e. The van der Waals surface area contributed by atoms with Crippen LogP contribution in [0, 0.1) is 5.41 Å². The Morgan fingerprint density at radius 3 is 2.86 bits per heavy atom. The molecular weight excluding hydrogens is 302 g/mol. The Morgan fingerprint density at radius 2 is 2.14 bits per heavy atom. The third-order valence-corrected chi connectivity index (χ3v) is 4.85. The number of likely N-dealkylation sites (tertiary alicyclic amines) is 1. The quantitative estimate of drug-likeness (QED) is 0.924. The fourth-order valence-corrected chi connectivity index (χ4v) is 3.46. The van der Waals surface area contributed by atoms with E-state index in [1.165, 1.54) is 0 Å². The van der Waals surface area contributed by atoms with E-state index >= 15 is 0 Å². The Morgan fingerprint density at radius 1 is 1.36 bits per heavy atom. The van der Waals surface area contributed by atoms with Crippen LogP contribution < -0.4 is 0 Å². The van der Waals surface area contributed by atoms with Crippen LogP contribution >= 0.6 is 11.6 Å². The molecule has 2 aliphatic heterocycles. The number of ether oxygens (including phenoxy) is 2. The van der Waals surface area contributed by atoms with E-state index in [0.29, 0.717) is 6.61 Å². The third-order valence-electron chi connectivity index (χ3n) is 4.60. The van der Waals surface area contributed by atoms with E-state index in [9.17, 15) is 5.11 Å². The summed E-state index contributed by atoms with van der Waals surface area (Å²) < 4.78 is 11.8. The van der Waals surface area contributed by atoms with Gasteiger partial charge in [0.15, 0.2) is 6.29 Å². The number of halogens is 1. The molecule has 2 fully saturated rings. The second-order valence-electron chi connectivity index (χ2n) is 6.78. The topological polar surface area (TPSA) is 41.9 Å². The summed E-state index contributed by atoms with van der Waals surface area (Å²) in [4.78, 5) is 2.39. The highest BCUT2D eigenvalue weighted by molar-refractivity contribution is 6.30. The number of piperidine rings is 1. The number of nitrogens with zero attached hydrogens (tertiary/aromatic N) is 1. The van der Waals surface area contributed by atoms with Gasteiger partial charge in [-0.1, -0.05) is 30.7 Å². The van der Waals surface area contributed by atoms with Crippen LogP contribution in [0.25, 0.3) is 0 Å².